The summed E-state index contributed by atoms with van der Waals surface area (Å²) < 4.78 is 26.8. The number of guanidine groups is 1. The zero-order chi connectivity index (χ0) is 19.7. The third-order valence-electron chi connectivity index (χ3n) is 4.10. The van der Waals surface area contributed by atoms with Gasteiger partial charge < -0.3 is 10.6 Å². The fraction of sp³-hybridized carbons (Fsp3) is 0.368. The lowest BCUT2D eigenvalue weighted by atomic mass is 10.0. The first-order chi connectivity index (χ1) is 12.9. The number of hydrogen-bond acceptors (Lipinski definition) is 4. The van der Waals surface area contributed by atoms with E-state index in [1.807, 2.05) is 0 Å². The topological polar surface area (TPSA) is 95.5 Å². The molecule has 0 aliphatic rings. The summed E-state index contributed by atoms with van der Waals surface area (Å²) in [6, 6.07) is 11.6. The van der Waals surface area contributed by atoms with Crippen molar-refractivity contribution in [2.24, 2.45) is 4.99 Å². The third kappa shape index (κ3) is 6.65. The highest BCUT2D eigenvalue weighted by molar-refractivity contribution is 7.89. The first-order valence-corrected chi connectivity index (χ1v) is 10.3. The average molecular weight is 390 g/mol. The summed E-state index contributed by atoms with van der Waals surface area (Å²) in [5.41, 5.74) is 2.50. The van der Waals surface area contributed by atoms with Gasteiger partial charge in [0.25, 0.3) is 0 Å². The first-order valence-electron chi connectivity index (χ1n) is 8.83. The zero-order valence-electron chi connectivity index (χ0n) is 15.9. The number of nitrogens with zero attached hydrogens (tertiary/aromatic N) is 2. The number of benzene rings is 1. The molecular formula is C19H27N5O2S. The van der Waals surface area contributed by atoms with Crippen LogP contribution in [0.2, 0.25) is 0 Å². The van der Waals surface area contributed by atoms with Gasteiger partial charge in [-0.15, -0.1) is 0 Å². The Morgan fingerprint density at radius 1 is 1.15 bits per heavy atom. The van der Waals surface area contributed by atoms with Crippen molar-refractivity contribution < 1.29 is 8.42 Å². The first kappa shape index (κ1) is 20.9. The van der Waals surface area contributed by atoms with Crippen molar-refractivity contribution >= 4 is 16.0 Å². The monoisotopic (exact) mass is 389 g/mol. The maximum Gasteiger partial charge on any atom is 0.242 e. The van der Waals surface area contributed by atoms with Crippen LogP contribution in [0.5, 0.6) is 0 Å². The fourth-order valence-corrected chi connectivity index (χ4v) is 3.43. The largest absolute Gasteiger partial charge is 0.356 e. The lowest BCUT2D eigenvalue weighted by Crippen LogP contribution is -2.42. The predicted molar refractivity (Wildman–Crippen MR) is 108 cm³/mol. The third-order valence-corrected chi connectivity index (χ3v) is 5.55. The molecule has 2 aromatic rings. The Balaban J connectivity index is 1.75. The van der Waals surface area contributed by atoms with Crippen molar-refractivity contribution in [2.75, 3.05) is 26.7 Å². The number of pyridine rings is 1. The molecule has 3 N–H and O–H groups in total. The summed E-state index contributed by atoms with van der Waals surface area (Å²) in [6.07, 6.45) is 2.86. The minimum absolute atomic E-state index is 0.152. The highest BCUT2D eigenvalue weighted by atomic mass is 32.2. The summed E-state index contributed by atoms with van der Waals surface area (Å²) in [5.74, 6) is 0.961. The van der Waals surface area contributed by atoms with Crippen LogP contribution in [0.1, 0.15) is 24.0 Å². The summed E-state index contributed by atoms with van der Waals surface area (Å²) in [4.78, 5) is 8.15. The molecule has 0 bridgehead atoms. The SMILES string of the molecule is CN=C(NCCNS(=O)(=O)c1cccnc1)NCC(C)c1ccc(C)cc1. The Kier molecular flexibility index (Phi) is 7.75. The van der Waals surface area contributed by atoms with Gasteiger partial charge in [-0.1, -0.05) is 36.8 Å². The zero-order valence-corrected chi connectivity index (χ0v) is 16.8. The van der Waals surface area contributed by atoms with Gasteiger partial charge in [-0.2, -0.15) is 0 Å². The van der Waals surface area contributed by atoms with Gasteiger partial charge in [-0.05, 0) is 30.5 Å². The minimum Gasteiger partial charge on any atom is -0.356 e. The number of aromatic nitrogens is 1. The Hall–Kier alpha value is -2.45. The van der Waals surface area contributed by atoms with E-state index in [0.29, 0.717) is 18.4 Å². The van der Waals surface area contributed by atoms with Crippen LogP contribution in [0.3, 0.4) is 0 Å². The highest BCUT2D eigenvalue weighted by Gasteiger charge is 2.13. The van der Waals surface area contributed by atoms with Gasteiger partial charge in [-0.3, -0.25) is 9.98 Å². The molecule has 1 aromatic heterocycles. The standard InChI is InChI=1S/C19H27N5O2S/c1-15-6-8-17(9-7-15)16(2)13-23-19(20-3)22-11-12-24-27(25,26)18-5-4-10-21-14-18/h4-10,14,16,24H,11-13H2,1-3H3,(H2,20,22,23). The predicted octanol–water partition coefficient (Wildman–Crippen LogP) is 1.64. The molecule has 7 nitrogen and oxygen atoms in total. The lowest BCUT2D eigenvalue weighted by molar-refractivity contribution is 0.580. The second kappa shape index (κ2) is 10.0. The van der Waals surface area contributed by atoms with Crippen LogP contribution in [-0.2, 0) is 10.0 Å². The molecule has 0 saturated carbocycles. The Labute approximate surface area is 161 Å². The van der Waals surface area contributed by atoms with Crippen LogP contribution in [0, 0.1) is 6.92 Å². The second-order valence-electron chi connectivity index (χ2n) is 6.28. The Morgan fingerprint density at radius 3 is 2.52 bits per heavy atom. The molecule has 0 spiro atoms. The molecule has 8 heteroatoms. The highest BCUT2D eigenvalue weighted by Crippen LogP contribution is 2.14. The maximum atomic E-state index is 12.1. The molecule has 27 heavy (non-hydrogen) atoms. The van der Waals surface area contributed by atoms with Crippen LogP contribution in [-0.4, -0.2) is 46.0 Å². The number of nitrogens with one attached hydrogen (secondary N) is 3. The minimum atomic E-state index is -3.54. The van der Waals surface area contributed by atoms with Gasteiger partial charge in [0, 0.05) is 39.1 Å². The van der Waals surface area contributed by atoms with E-state index in [2.05, 4.69) is 63.4 Å². The van der Waals surface area contributed by atoms with E-state index in [-0.39, 0.29) is 11.4 Å². The smallest absolute Gasteiger partial charge is 0.242 e. The molecule has 1 atom stereocenters. The number of sulfonamides is 1. The fourth-order valence-electron chi connectivity index (χ4n) is 2.44. The van der Waals surface area contributed by atoms with Crippen LogP contribution in [0.25, 0.3) is 0 Å². The molecule has 0 radical (unpaired) electrons. The number of aliphatic imine (C=N–C) groups is 1. The van der Waals surface area contributed by atoms with E-state index >= 15 is 0 Å². The molecule has 1 unspecified atom stereocenters. The van der Waals surface area contributed by atoms with E-state index in [0.717, 1.165) is 6.54 Å². The molecule has 0 aliphatic carbocycles. The van der Waals surface area contributed by atoms with E-state index in [1.54, 1.807) is 13.1 Å². The molecule has 146 valence electrons. The molecule has 1 heterocycles. The van der Waals surface area contributed by atoms with E-state index in [4.69, 9.17) is 0 Å². The lowest BCUT2D eigenvalue weighted by Gasteiger charge is -2.16. The summed E-state index contributed by atoms with van der Waals surface area (Å²) in [7, 11) is -1.86. The van der Waals surface area contributed by atoms with Gasteiger partial charge in [0.1, 0.15) is 4.90 Å². The average Bonchev–Trinajstić information content (AvgIpc) is 2.68. The Morgan fingerprint density at radius 2 is 1.89 bits per heavy atom. The van der Waals surface area contributed by atoms with Crippen molar-refractivity contribution in [2.45, 2.75) is 24.7 Å². The van der Waals surface area contributed by atoms with Crippen molar-refractivity contribution in [3.05, 3.63) is 59.9 Å². The van der Waals surface area contributed by atoms with Gasteiger partial charge >= 0.3 is 0 Å². The van der Waals surface area contributed by atoms with Crippen molar-refractivity contribution in [3.8, 4) is 0 Å². The molecule has 0 saturated heterocycles. The van der Waals surface area contributed by atoms with E-state index < -0.39 is 10.0 Å². The van der Waals surface area contributed by atoms with Gasteiger partial charge in [0.05, 0.1) is 0 Å². The van der Waals surface area contributed by atoms with Crippen molar-refractivity contribution in [1.82, 2.24) is 20.3 Å². The van der Waals surface area contributed by atoms with Gasteiger partial charge in [-0.25, -0.2) is 13.1 Å². The van der Waals surface area contributed by atoms with Gasteiger partial charge in [0.2, 0.25) is 10.0 Å². The summed E-state index contributed by atoms with van der Waals surface area (Å²) in [6.45, 7) is 5.60. The quantitative estimate of drug-likeness (QED) is 0.362. The van der Waals surface area contributed by atoms with Crippen LogP contribution in [0.15, 0.2) is 58.7 Å². The normalized spacial score (nSPS) is 13.2. The van der Waals surface area contributed by atoms with Crippen LogP contribution in [0.4, 0.5) is 0 Å². The molecule has 0 fully saturated rings. The molecule has 0 aliphatic heterocycles. The van der Waals surface area contributed by atoms with Crippen LogP contribution < -0.4 is 15.4 Å². The summed E-state index contributed by atoms with van der Waals surface area (Å²) in [5, 5.41) is 6.37. The van der Waals surface area contributed by atoms with Crippen molar-refractivity contribution in [3.63, 3.8) is 0 Å². The Bertz CT molecular complexity index is 836. The van der Waals surface area contributed by atoms with E-state index in [9.17, 15) is 8.42 Å². The van der Waals surface area contributed by atoms with Crippen LogP contribution >= 0.6 is 0 Å². The second-order valence-corrected chi connectivity index (χ2v) is 8.05. The summed E-state index contributed by atoms with van der Waals surface area (Å²) >= 11 is 0. The molecular weight excluding hydrogens is 362 g/mol. The number of aryl methyl sites for hydroxylation is 1. The molecule has 0 amide bonds. The molecule has 1 aromatic carbocycles. The van der Waals surface area contributed by atoms with Gasteiger partial charge in [0.15, 0.2) is 5.96 Å². The van der Waals surface area contributed by atoms with Crippen molar-refractivity contribution in [1.29, 1.82) is 0 Å². The maximum absolute atomic E-state index is 12.1. The number of rotatable bonds is 8. The molecule has 2 rings (SSSR count). The number of hydrogen-bond donors (Lipinski definition) is 3. The van der Waals surface area contributed by atoms with E-state index in [1.165, 1.54) is 29.6 Å².